The lowest BCUT2D eigenvalue weighted by molar-refractivity contribution is -0.117. The van der Waals surface area contributed by atoms with Crippen LogP contribution >= 0.6 is 0 Å². The number of alkyl halides is 1. The number of hydrogen-bond acceptors (Lipinski definition) is 4. The van der Waals surface area contributed by atoms with Crippen LogP contribution in [0.1, 0.15) is 6.42 Å². The van der Waals surface area contributed by atoms with E-state index in [1.165, 1.54) is 6.07 Å². The summed E-state index contributed by atoms with van der Waals surface area (Å²) in [6, 6.07) is 10.4. The lowest BCUT2D eigenvalue weighted by Gasteiger charge is -2.12. The summed E-state index contributed by atoms with van der Waals surface area (Å²) in [4.78, 5) is 28.0. The quantitative estimate of drug-likeness (QED) is 0.709. The predicted octanol–water partition coefficient (Wildman–Crippen LogP) is 2.48. The molecule has 1 fully saturated rings. The van der Waals surface area contributed by atoms with Gasteiger partial charge in [-0.3, -0.25) is 9.59 Å². The number of nitrogens with one attached hydrogen (secondary N) is 1. The molecular weight excluding hydrogens is 335 g/mol. The van der Waals surface area contributed by atoms with Crippen molar-refractivity contribution in [2.24, 2.45) is 13.0 Å². The number of carbonyl (C=O) groups is 1. The van der Waals surface area contributed by atoms with E-state index >= 15 is 0 Å². The van der Waals surface area contributed by atoms with Gasteiger partial charge in [-0.05, 0) is 36.1 Å². The first-order valence-electron chi connectivity index (χ1n) is 8.24. The minimum absolute atomic E-state index is 0.117. The smallest absolute Gasteiger partial charge is 0.250 e. The van der Waals surface area contributed by atoms with E-state index in [0.717, 1.165) is 22.0 Å². The molecule has 3 N–H and O–H groups in total. The van der Waals surface area contributed by atoms with Crippen LogP contribution in [-0.2, 0) is 11.8 Å². The second kappa shape index (κ2) is 5.94. The van der Waals surface area contributed by atoms with Crippen molar-refractivity contribution in [3.8, 4) is 11.3 Å². The number of pyridine rings is 2. The minimum Gasteiger partial charge on any atom is -0.398 e. The Morgan fingerprint density at radius 2 is 2.12 bits per heavy atom. The number of halogens is 1. The SMILES string of the molecule is Cn1c(-c2cc(N)c3cnc(NC(=O)[C@@H]4C[C@@H]4F)cc3c2)cccc1=O. The first-order valence-corrected chi connectivity index (χ1v) is 8.24. The molecule has 6 nitrogen and oxygen atoms in total. The molecule has 0 radical (unpaired) electrons. The molecule has 0 saturated heterocycles. The number of anilines is 2. The maximum atomic E-state index is 13.0. The molecule has 1 aliphatic rings. The summed E-state index contributed by atoms with van der Waals surface area (Å²) in [7, 11) is 1.69. The van der Waals surface area contributed by atoms with Crippen LogP contribution in [0.25, 0.3) is 22.0 Å². The van der Waals surface area contributed by atoms with E-state index < -0.39 is 12.1 Å². The summed E-state index contributed by atoms with van der Waals surface area (Å²) in [5, 5.41) is 4.15. The number of benzene rings is 1. The zero-order valence-electron chi connectivity index (χ0n) is 14.1. The maximum Gasteiger partial charge on any atom is 0.250 e. The van der Waals surface area contributed by atoms with Gasteiger partial charge in [-0.1, -0.05) is 6.07 Å². The third kappa shape index (κ3) is 2.81. The molecule has 0 spiro atoms. The number of nitrogens with zero attached hydrogens (tertiary/aromatic N) is 2. The van der Waals surface area contributed by atoms with E-state index in [-0.39, 0.29) is 17.9 Å². The van der Waals surface area contributed by atoms with Gasteiger partial charge in [0, 0.05) is 35.9 Å². The van der Waals surface area contributed by atoms with Crippen molar-refractivity contribution in [2.45, 2.75) is 12.6 Å². The number of fused-ring (bicyclic) bond motifs is 1. The normalized spacial score (nSPS) is 18.7. The van der Waals surface area contributed by atoms with Crippen molar-refractivity contribution in [1.82, 2.24) is 9.55 Å². The van der Waals surface area contributed by atoms with E-state index in [1.807, 2.05) is 12.1 Å². The van der Waals surface area contributed by atoms with E-state index in [4.69, 9.17) is 5.73 Å². The molecule has 132 valence electrons. The summed E-state index contributed by atoms with van der Waals surface area (Å²) in [5.74, 6) is -0.596. The summed E-state index contributed by atoms with van der Waals surface area (Å²) in [6.07, 6.45) is 0.781. The molecule has 2 atom stereocenters. The van der Waals surface area contributed by atoms with E-state index in [0.29, 0.717) is 11.5 Å². The van der Waals surface area contributed by atoms with Crippen molar-refractivity contribution >= 4 is 28.2 Å². The minimum atomic E-state index is -1.06. The number of aromatic nitrogens is 2. The molecule has 2 heterocycles. The molecule has 0 bridgehead atoms. The zero-order valence-corrected chi connectivity index (χ0v) is 14.1. The summed E-state index contributed by atoms with van der Waals surface area (Å²) in [5.41, 5.74) is 8.06. The Hall–Kier alpha value is -3.22. The topological polar surface area (TPSA) is 90.0 Å². The van der Waals surface area contributed by atoms with E-state index in [2.05, 4.69) is 10.3 Å². The predicted molar refractivity (Wildman–Crippen MR) is 98.5 cm³/mol. The number of hydrogen-bond donors (Lipinski definition) is 2. The molecule has 26 heavy (non-hydrogen) atoms. The van der Waals surface area contributed by atoms with Gasteiger partial charge in [-0.25, -0.2) is 9.37 Å². The lowest BCUT2D eigenvalue weighted by atomic mass is 10.0. The second-order valence-electron chi connectivity index (χ2n) is 6.51. The van der Waals surface area contributed by atoms with Gasteiger partial charge in [-0.15, -0.1) is 0 Å². The highest BCUT2D eigenvalue weighted by Crippen LogP contribution is 2.35. The largest absolute Gasteiger partial charge is 0.398 e. The fourth-order valence-electron chi connectivity index (χ4n) is 3.01. The van der Waals surface area contributed by atoms with Crippen LogP contribution in [0.4, 0.5) is 15.9 Å². The molecule has 4 rings (SSSR count). The zero-order chi connectivity index (χ0) is 18.4. The molecule has 1 saturated carbocycles. The summed E-state index contributed by atoms with van der Waals surface area (Å²) < 4.78 is 14.6. The van der Waals surface area contributed by atoms with Crippen LogP contribution < -0.4 is 16.6 Å². The highest BCUT2D eigenvalue weighted by molar-refractivity contribution is 6.00. The Bertz CT molecular complexity index is 1090. The molecular formula is C19H17FN4O2. The van der Waals surface area contributed by atoms with Gasteiger partial charge in [0.05, 0.1) is 11.6 Å². The third-order valence-corrected chi connectivity index (χ3v) is 4.65. The lowest BCUT2D eigenvalue weighted by Crippen LogP contribution is -2.16. The Labute approximate surface area is 148 Å². The maximum absolute atomic E-state index is 13.0. The molecule has 2 aromatic heterocycles. The molecule has 1 aliphatic carbocycles. The van der Waals surface area contributed by atoms with Crippen molar-refractivity contribution in [1.29, 1.82) is 0 Å². The molecule has 1 aromatic carbocycles. The van der Waals surface area contributed by atoms with Gasteiger partial charge < -0.3 is 15.6 Å². The second-order valence-corrected chi connectivity index (χ2v) is 6.51. The average Bonchev–Trinajstić information content (AvgIpc) is 3.34. The van der Waals surface area contributed by atoms with E-state index in [1.54, 1.807) is 36.0 Å². The van der Waals surface area contributed by atoms with Crippen LogP contribution in [0, 0.1) is 5.92 Å². The van der Waals surface area contributed by atoms with Gasteiger partial charge in [0.2, 0.25) is 5.91 Å². The molecule has 1 amide bonds. The monoisotopic (exact) mass is 352 g/mol. The first kappa shape index (κ1) is 16.3. The van der Waals surface area contributed by atoms with Crippen molar-refractivity contribution in [3.05, 3.63) is 52.9 Å². The van der Waals surface area contributed by atoms with E-state index in [9.17, 15) is 14.0 Å². The molecule has 0 aliphatic heterocycles. The summed E-state index contributed by atoms with van der Waals surface area (Å²) in [6.45, 7) is 0. The molecule has 0 unspecified atom stereocenters. The molecule has 3 aromatic rings. The Morgan fingerprint density at radius 1 is 1.35 bits per heavy atom. The fraction of sp³-hybridized carbons (Fsp3) is 0.211. The van der Waals surface area contributed by atoms with Gasteiger partial charge in [0.15, 0.2) is 0 Å². The number of carbonyl (C=O) groups excluding carboxylic acids is 1. The van der Waals surface area contributed by atoms with Crippen molar-refractivity contribution in [2.75, 3.05) is 11.1 Å². The third-order valence-electron chi connectivity index (χ3n) is 4.65. The number of nitrogens with two attached hydrogens (primary N) is 1. The summed E-state index contributed by atoms with van der Waals surface area (Å²) >= 11 is 0. The van der Waals surface area contributed by atoms with Crippen LogP contribution in [-0.4, -0.2) is 21.6 Å². The fourth-order valence-corrected chi connectivity index (χ4v) is 3.01. The van der Waals surface area contributed by atoms with Gasteiger partial charge in [-0.2, -0.15) is 0 Å². The Balaban J connectivity index is 1.76. The average molecular weight is 352 g/mol. The Kier molecular flexibility index (Phi) is 3.72. The highest BCUT2D eigenvalue weighted by atomic mass is 19.1. The number of rotatable bonds is 3. The van der Waals surface area contributed by atoms with Gasteiger partial charge >= 0.3 is 0 Å². The standard InChI is InChI=1S/C19H17FN4O2/c1-24-16(3-2-4-18(24)25)11-5-10-7-17(22-9-13(10)15(21)6-11)23-19(26)12-8-14(12)20/h2-7,9,12,14H,8,21H2,1H3,(H,22,23,26)/t12-,14+/m1/s1. The van der Waals surface area contributed by atoms with Crippen LogP contribution in [0.15, 0.2) is 47.4 Å². The number of nitrogen functional groups attached to an aromatic ring is 1. The van der Waals surface area contributed by atoms with Crippen molar-refractivity contribution < 1.29 is 9.18 Å². The molecule has 7 heteroatoms. The van der Waals surface area contributed by atoms with Crippen LogP contribution in [0.2, 0.25) is 0 Å². The van der Waals surface area contributed by atoms with Crippen LogP contribution in [0.5, 0.6) is 0 Å². The van der Waals surface area contributed by atoms with Gasteiger partial charge in [0.1, 0.15) is 12.0 Å². The Morgan fingerprint density at radius 3 is 2.85 bits per heavy atom. The highest BCUT2D eigenvalue weighted by Gasteiger charge is 2.43. The van der Waals surface area contributed by atoms with Crippen molar-refractivity contribution in [3.63, 3.8) is 0 Å². The van der Waals surface area contributed by atoms with Crippen LogP contribution in [0.3, 0.4) is 0 Å². The first-order chi connectivity index (χ1) is 12.4. The van der Waals surface area contributed by atoms with Gasteiger partial charge in [0.25, 0.3) is 5.56 Å². The number of amides is 1.